The minimum absolute atomic E-state index is 0.0826. The van der Waals surface area contributed by atoms with Crippen molar-refractivity contribution in [2.75, 3.05) is 6.54 Å². The van der Waals surface area contributed by atoms with E-state index >= 15 is 0 Å². The number of aromatic hydroxyl groups is 1. The van der Waals surface area contributed by atoms with Crippen molar-refractivity contribution in [3.8, 4) is 5.75 Å². The van der Waals surface area contributed by atoms with Crippen LogP contribution in [0.2, 0.25) is 0 Å². The molecule has 1 aromatic rings. The summed E-state index contributed by atoms with van der Waals surface area (Å²) in [5, 5.41) is 9.52. The number of carbonyl (C=O) groups excluding carboxylic acids is 1. The van der Waals surface area contributed by atoms with Gasteiger partial charge in [-0.25, -0.2) is 0 Å². The Hall–Kier alpha value is -1.72. The van der Waals surface area contributed by atoms with Crippen LogP contribution < -0.4 is 0 Å². The Morgan fingerprint density at radius 1 is 1.42 bits per heavy atom. The number of hydrogen-bond acceptors (Lipinski definition) is 2. The summed E-state index contributed by atoms with van der Waals surface area (Å²) in [4.78, 5) is 12.9. The average Bonchev–Trinajstić information content (AvgIpc) is 3.11. The van der Waals surface area contributed by atoms with Gasteiger partial charge < -0.3 is 10.0 Å². The zero-order valence-electron chi connectivity index (χ0n) is 10.4. The third-order valence-corrected chi connectivity index (χ3v) is 3.05. The molecule has 1 aliphatic carbocycles. The van der Waals surface area contributed by atoms with Crippen LogP contribution in [0.15, 0.2) is 18.2 Å². The standard InChI is InChI=1S/C13H14F3NO2/c1-8-2-3-9(6-11(8)18)12(19)17(10-4-5-10)7-13(14,15)16/h2-3,6,10,18H,4-5,7H2,1H3. The summed E-state index contributed by atoms with van der Waals surface area (Å²) >= 11 is 0. The van der Waals surface area contributed by atoms with Crippen LogP contribution in [0.4, 0.5) is 13.2 Å². The molecule has 1 fully saturated rings. The summed E-state index contributed by atoms with van der Waals surface area (Å²) in [5.41, 5.74) is 0.657. The maximum Gasteiger partial charge on any atom is 0.406 e. The Labute approximate surface area is 108 Å². The van der Waals surface area contributed by atoms with Crippen molar-refractivity contribution >= 4 is 5.91 Å². The van der Waals surface area contributed by atoms with Gasteiger partial charge in [0, 0.05) is 11.6 Å². The molecule has 0 radical (unpaired) electrons. The van der Waals surface area contributed by atoms with Crippen molar-refractivity contribution in [3.63, 3.8) is 0 Å². The first-order chi connectivity index (χ1) is 8.78. The van der Waals surface area contributed by atoms with Gasteiger partial charge >= 0.3 is 6.18 Å². The van der Waals surface area contributed by atoms with E-state index in [9.17, 15) is 23.1 Å². The van der Waals surface area contributed by atoms with E-state index in [1.54, 1.807) is 6.92 Å². The topological polar surface area (TPSA) is 40.5 Å². The first kappa shape index (κ1) is 13.7. The molecule has 1 aromatic carbocycles. The van der Waals surface area contributed by atoms with Crippen molar-refractivity contribution < 1.29 is 23.1 Å². The largest absolute Gasteiger partial charge is 0.508 e. The van der Waals surface area contributed by atoms with Gasteiger partial charge in [0.2, 0.25) is 0 Å². The quantitative estimate of drug-likeness (QED) is 0.920. The van der Waals surface area contributed by atoms with E-state index in [4.69, 9.17) is 0 Å². The Morgan fingerprint density at radius 2 is 2.05 bits per heavy atom. The third kappa shape index (κ3) is 3.39. The van der Waals surface area contributed by atoms with E-state index in [0.717, 1.165) is 4.90 Å². The summed E-state index contributed by atoms with van der Waals surface area (Å²) in [6, 6.07) is 3.82. The van der Waals surface area contributed by atoms with Gasteiger partial charge in [0.05, 0.1) is 0 Å². The Balaban J connectivity index is 2.21. The number of hydrogen-bond donors (Lipinski definition) is 1. The van der Waals surface area contributed by atoms with E-state index in [0.29, 0.717) is 18.4 Å². The smallest absolute Gasteiger partial charge is 0.406 e. The van der Waals surface area contributed by atoms with Gasteiger partial charge in [0.25, 0.3) is 5.91 Å². The van der Waals surface area contributed by atoms with Crippen LogP contribution in [0.5, 0.6) is 5.75 Å². The second-order valence-electron chi connectivity index (χ2n) is 4.78. The van der Waals surface area contributed by atoms with Gasteiger partial charge in [-0.05, 0) is 37.5 Å². The number of phenols is 1. The van der Waals surface area contributed by atoms with Gasteiger partial charge in [-0.1, -0.05) is 6.07 Å². The fraction of sp³-hybridized carbons (Fsp3) is 0.462. The highest BCUT2D eigenvalue weighted by Gasteiger charge is 2.40. The monoisotopic (exact) mass is 273 g/mol. The van der Waals surface area contributed by atoms with Crippen LogP contribution in [0.1, 0.15) is 28.8 Å². The lowest BCUT2D eigenvalue weighted by molar-refractivity contribution is -0.141. The highest BCUT2D eigenvalue weighted by atomic mass is 19.4. The predicted octanol–water partition coefficient (Wildman–Crippen LogP) is 2.87. The molecule has 104 valence electrons. The maximum atomic E-state index is 12.5. The van der Waals surface area contributed by atoms with Gasteiger partial charge in [0.15, 0.2) is 0 Å². The number of phenolic OH excluding ortho intramolecular Hbond substituents is 1. The van der Waals surface area contributed by atoms with Crippen LogP contribution in [0.3, 0.4) is 0 Å². The molecule has 0 bridgehead atoms. The molecule has 1 N–H and O–H groups in total. The van der Waals surface area contributed by atoms with Crippen LogP contribution in [-0.4, -0.2) is 34.7 Å². The number of rotatable bonds is 3. The first-order valence-corrected chi connectivity index (χ1v) is 5.95. The number of benzene rings is 1. The molecule has 0 aliphatic heterocycles. The van der Waals surface area contributed by atoms with Crippen molar-refractivity contribution in [3.05, 3.63) is 29.3 Å². The van der Waals surface area contributed by atoms with E-state index in [2.05, 4.69) is 0 Å². The van der Waals surface area contributed by atoms with Crippen LogP contribution in [0.25, 0.3) is 0 Å². The molecule has 0 atom stereocenters. The van der Waals surface area contributed by atoms with E-state index in [-0.39, 0.29) is 17.4 Å². The summed E-state index contributed by atoms with van der Waals surface area (Å²) in [6.07, 6.45) is -3.22. The molecular weight excluding hydrogens is 259 g/mol. The molecule has 0 saturated heterocycles. The van der Waals surface area contributed by atoms with Crippen molar-refractivity contribution in [1.82, 2.24) is 4.90 Å². The number of halogens is 3. The fourth-order valence-electron chi connectivity index (χ4n) is 1.85. The van der Waals surface area contributed by atoms with Crippen LogP contribution in [-0.2, 0) is 0 Å². The van der Waals surface area contributed by atoms with Gasteiger partial charge in [0.1, 0.15) is 12.3 Å². The molecule has 1 saturated carbocycles. The van der Waals surface area contributed by atoms with Gasteiger partial charge in [-0.2, -0.15) is 13.2 Å². The Morgan fingerprint density at radius 3 is 2.53 bits per heavy atom. The predicted molar refractivity (Wildman–Crippen MR) is 63.0 cm³/mol. The van der Waals surface area contributed by atoms with E-state index in [1.807, 2.05) is 0 Å². The first-order valence-electron chi connectivity index (χ1n) is 5.95. The summed E-state index contributed by atoms with van der Waals surface area (Å²) in [5.74, 6) is -0.774. The SMILES string of the molecule is Cc1ccc(C(=O)N(CC(F)(F)F)C2CC2)cc1O. The summed E-state index contributed by atoms with van der Waals surface area (Å²) in [6.45, 7) is 0.406. The minimum Gasteiger partial charge on any atom is -0.508 e. The molecule has 1 amide bonds. The zero-order chi connectivity index (χ0) is 14.2. The minimum atomic E-state index is -4.41. The lowest BCUT2D eigenvalue weighted by Gasteiger charge is -2.24. The van der Waals surface area contributed by atoms with Crippen molar-refractivity contribution in [2.45, 2.75) is 32.0 Å². The number of amides is 1. The third-order valence-electron chi connectivity index (χ3n) is 3.05. The van der Waals surface area contributed by atoms with Gasteiger partial charge in [-0.15, -0.1) is 0 Å². The van der Waals surface area contributed by atoms with Crippen molar-refractivity contribution in [2.24, 2.45) is 0 Å². The number of aryl methyl sites for hydroxylation is 1. The molecular formula is C13H14F3NO2. The number of carbonyl (C=O) groups is 1. The normalized spacial score (nSPS) is 15.4. The molecule has 0 aromatic heterocycles. The lowest BCUT2D eigenvalue weighted by atomic mass is 10.1. The van der Waals surface area contributed by atoms with E-state index < -0.39 is 18.6 Å². The molecule has 0 unspecified atom stereocenters. The van der Waals surface area contributed by atoms with Gasteiger partial charge in [-0.3, -0.25) is 4.79 Å². The van der Waals surface area contributed by atoms with Crippen molar-refractivity contribution in [1.29, 1.82) is 0 Å². The Bertz CT molecular complexity index is 495. The van der Waals surface area contributed by atoms with E-state index in [1.165, 1.54) is 18.2 Å². The molecule has 19 heavy (non-hydrogen) atoms. The van der Waals surface area contributed by atoms with Crippen LogP contribution >= 0.6 is 0 Å². The second-order valence-corrected chi connectivity index (χ2v) is 4.78. The second kappa shape index (κ2) is 4.75. The lowest BCUT2D eigenvalue weighted by Crippen LogP contribution is -2.40. The molecule has 0 heterocycles. The summed E-state index contributed by atoms with van der Waals surface area (Å²) < 4.78 is 37.4. The molecule has 2 rings (SSSR count). The number of nitrogens with zero attached hydrogens (tertiary/aromatic N) is 1. The number of alkyl halides is 3. The highest BCUT2D eigenvalue weighted by Crippen LogP contribution is 2.32. The maximum absolute atomic E-state index is 12.5. The Kier molecular flexibility index (Phi) is 3.43. The fourth-order valence-corrected chi connectivity index (χ4v) is 1.85. The zero-order valence-corrected chi connectivity index (χ0v) is 10.4. The molecule has 6 heteroatoms. The average molecular weight is 273 g/mol. The molecule has 0 spiro atoms. The van der Waals surface area contributed by atoms with Crippen LogP contribution in [0, 0.1) is 6.92 Å². The molecule has 3 nitrogen and oxygen atoms in total. The highest BCUT2D eigenvalue weighted by molar-refractivity contribution is 5.95. The molecule has 1 aliphatic rings. The summed E-state index contributed by atoms with van der Waals surface area (Å²) in [7, 11) is 0.